The number of para-hydroxylation sites is 1. The Balaban J connectivity index is 0.00000169. The molecule has 5 nitrogen and oxygen atoms in total. The van der Waals surface area contributed by atoms with Gasteiger partial charge in [0.25, 0.3) is 0 Å². The first-order valence-corrected chi connectivity index (χ1v) is 8.99. The summed E-state index contributed by atoms with van der Waals surface area (Å²) >= 11 is 2.33. The molecule has 140 valence electrons. The molecule has 0 aliphatic rings. The van der Waals surface area contributed by atoms with Crippen LogP contribution in [0.2, 0.25) is 0 Å². The fourth-order valence-electron chi connectivity index (χ4n) is 2.52. The van der Waals surface area contributed by atoms with Crippen molar-refractivity contribution in [3.8, 4) is 0 Å². The molecule has 10 heteroatoms. The van der Waals surface area contributed by atoms with Gasteiger partial charge in [0.2, 0.25) is 0 Å². The first kappa shape index (κ1) is 22.8. The van der Waals surface area contributed by atoms with Crippen molar-refractivity contribution in [2.24, 2.45) is 11.5 Å². The third-order valence-corrected chi connectivity index (χ3v) is 5.02. The number of nitrogens with two attached hydrogens (primary N) is 2. The van der Waals surface area contributed by atoms with Crippen molar-refractivity contribution in [1.82, 2.24) is 0 Å². The largest absolute Gasteiger partial charge is 0.455 e. The molecule has 0 atom stereocenters. The molecule has 0 radical (unpaired) electrons. The Kier molecular flexibility index (Phi) is 8.45. The second-order valence-electron chi connectivity index (χ2n) is 5.14. The van der Waals surface area contributed by atoms with Gasteiger partial charge in [0.15, 0.2) is 10.3 Å². The minimum Gasteiger partial charge on any atom is -0.455 e. The number of fused-ring (bicyclic) bond motifs is 3. The minimum absolute atomic E-state index is 0. The van der Waals surface area contributed by atoms with Crippen LogP contribution >= 0.6 is 57.5 Å². The van der Waals surface area contributed by atoms with E-state index in [9.17, 15) is 4.39 Å². The van der Waals surface area contributed by atoms with Crippen molar-refractivity contribution >= 4 is 89.8 Å². The summed E-state index contributed by atoms with van der Waals surface area (Å²) in [5, 5.41) is 16.2. The molecule has 6 N–H and O–H groups in total. The van der Waals surface area contributed by atoms with Crippen LogP contribution in [0.1, 0.15) is 11.1 Å². The molecule has 2 aromatic carbocycles. The van der Waals surface area contributed by atoms with Crippen LogP contribution in [0.5, 0.6) is 0 Å². The Morgan fingerprint density at radius 2 is 1.50 bits per heavy atom. The number of rotatable bonds is 4. The maximum Gasteiger partial charge on any atom is 0.151 e. The second-order valence-corrected chi connectivity index (χ2v) is 7.18. The Bertz CT molecular complexity index is 964. The van der Waals surface area contributed by atoms with E-state index in [1.54, 1.807) is 0 Å². The summed E-state index contributed by atoms with van der Waals surface area (Å²) < 4.78 is 20.0. The van der Waals surface area contributed by atoms with Crippen LogP contribution in [-0.4, -0.2) is 10.3 Å². The Morgan fingerprint density at radius 1 is 0.923 bits per heavy atom. The summed E-state index contributed by atoms with van der Waals surface area (Å²) in [6.45, 7) is 0. The zero-order valence-electron chi connectivity index (χ0n) is 13.4. The van der Waals surface area contributed by atoms with Crippen molar-refractivity contribution in [2.75, 3.05) is 0 Å². The maximum absolute atomic E-state index is 14.0. The lowest BCUT2D eigenvalue weighted by Crippen LogP contribution is -2.03. The summed E-state index contributed by atoms with van der Waals surface area (Å²) in [6.07, 6.45) is 0. The van der Waals surface area contributed by atoms with Gasteiger partial charge in [0.1, 0.15) is 17.0 Å². The first-order chi connectivity index (χ1) is 11.5. The van der Waals surface area contributed by atoms with Crippen LogP contribution in [0.3, 0.4) is 0 Å². The fourth-order valence-corrected chi connectivity index (χ4v) is 3.59. The quantitative estimate of drug-likeness (QED) is 0.279. The van der Waals surface area contributed by atoms with Crippen LogP contribution in [0.15, 0.2) is 34.7 Å². The SMILES string of the molecule is Br.Br.N=C(N)SCc1cccc2c1oc1c(CSC(=N)N)cc(F)cc12. The molecule has 0 bridgehead atoms. The number of furan rings is 1. The van der Waals surface area contributed by atoms with Crippen LogP contribution < -0.4 is 11.5 Å². The monoisotopic (exact) mass is 522 g/mol. The van der Waals surface area contributed by atoms with Gasteiger partial charge >= 0.3 is 0 Å². The van der Waals surface area contributed by atoms with Crippen molar-refractivity contribution < 1.29 is 8.81 Å². The standard InChI is InChI=1S/C16H15FN4OS2.2BrH/c17-10-4-9(7-24-16(20)21)14-12(5-10)11-3-1-2-8(13(11)22-14)6-23-15(18)19;;/h1-5H,6-7H2,(H3,18,19)(H3,20,21);2*1H. The highest BCUT2D eigenvalue weighted by Gasteiger charge is 2.15. The summed E-state index contributed by atoms with van der Waals surface area (Å²) in [5.41, 5.74) is 13.6. The summed E-state index contributed by atoms with van der Waals surface area (Å²) in [4.78, 5) is 0. The van der Waals surface area contributed by atoms with Crippen molar-refractivity contribution in [3.05, 3.63) is 47.3 Å². The van der Waals surface area contributed by atoms with Gasteiger partial charge in [-0.25, -0.2) is 4.39 Å². The molecule has 0 amide bonds. The van der Waals surface area contributed by atoms with E-state index < -0.39 is 0 Å². The number of benzene rings is 2. The maximum atomic E-state index is 14.0. The minimum atomic E-state index is -0.354. The van der Waals surface area contributed by atoms with Gasteiger partial charge in [-0.1, -0.05) is 41.7 Å². The van der Waals surface area contributed by atoms with Crippen LogP contribution in [-0.2, 0) is 11.5 Å². The van der Waals surface area contributed by atoms with Crippen molar-refractivity contribution in [2.45, 2.75) is 11.5 Å². The summed E-state index contributed by atoms with van der Waals surface area (Å²) in [6, 6.07) is 8.52. The number of hydrogen-bond donors (Lipinski definition) is 4. The molecule has 26 heavy (non-hydrogen) atoms. The Labute approximate surface area is 179 Å². The van der Waals surface area contributed by atoms with Crippen LogP contribution in [0.25, 0.3) is 21.9 Å². The normalized spacial score (nSPS) is 10.3. The molecule has 1 heterocycles. The summed E-state index contributed by atoms with van der Waals surface area (Å²) in [7, 11) is 0. The van der Waals surface area contributed by atoms with Gasteiger partial charge < -0.3 is 15.9 Å². The first-order valence-electron chi connectivity index (χ1n) is 7.02. The van der Waals surface area contributed by atoms with Gasteiger partial charge in [-0.3, -0.25) is 10.8 Å². The van der Waals surface area contributed by atoms with E-state index in [0.29, 0.717) is 33.6 Å². The Hall–Kier alpha value is -1.23. The van der Waals surface area contributed by atoms with E-state index in [1.165, 1.54) is 23.9 Å². The third kappa shape index (κ3) is 4.93. The number of hydrogen-bond acceptors (Lipinski definition) is 5. The lowest BCUT2D eigenvalue weighted by molar-refractivity contribution is 0.623. The number of thioether (sulfide) groups is 2. The predicted molar refractivity (Wildman–Crippen MR) is 121 cm³/mol. The molecule has 0 aliphatic heterocycles. The highest BCUT2D eigenvalue weighted by molar-refractivity contribution is 8.93. The molecule has 3 aromatic rings. The number of amidine groups is 2. The Morgan fingerprint density at radius 3 is 2.12 bits per heavy atom. The highest BCUT2D eigenvalue weighted by atomic mass is 79.9. The molecule has 0 unspecified atom stereocenters. The lowest BCUT2D eigenvalue weighted by Gasteiger charge is -2.02. The third-order valence-electron chi connectivity index (χ3n) is 3.49. The zero-order chi connectivity index (χ0) is 17.3. The van der Waals surface area contributed by atoms with Crippen molar-refractivity contribution in [1.29, 1.82) is 10.8 Å². The van der Waals surface area contributed by atoms with Gasteiger partial charge in [0.05, 0.1) is 0 Å². The summed E-state index contributed by atoms with van der Waals surface area (Å²) in [5.74, 6) is 0.515. The smallest absolute Gasteiger partial charge is 0.151 e. The molecule has 0 saturated carbocycles. The highest BCUT2D eigenvalue weighted by Crippen LogP contribution is 2.35. The predicted octanol–water partition coefficient (Wildman–Crippen LogP) is 5.13. The molecule has 0 spiro atoms. The van der Waals surface area contributed by atoms with Crippen LogP contribution in [0.4, 0.5) is 4.39 Å². The second kappa shape index (κ2) is 9.63. The average Bonchev–Trinajstić information content (AvgIpc) is 2.89. The topological polar surface area (TPSA) is 113 Å². The van der Waals surface area contributed by atoms with E-state index in [0.717, 1.165) is 22.7 Å². The van der Waals surface area contributed by atoms with Gasteiger partial charge in [-0.05, 0) is 12.1 Å². The number of nitrogens with one attached hydrogen (secondary N) is 2. The lowest BCUT2D eigenvalue weighted by atomic mass is 10.1. The average molecular weight is 524 g/mol. The van der Waals surface area contributed by atoms with Crippen molar-refractivity contribution in [3.63, 3.8) is 0 Å². The van der Waals surface area contributed by atoms with E-state index in [2.05, 4.69) is 0 Å². The van der Waals surface area contributed by atoms with E-state index in [1.807, 2.05) is 18.2 Å². The van der Waals surface area contributed by atoms with Gasteiger partial charge in [-0.2, -0.15) is 0 Å². The van der Waals surface area contributed by atoms with Crippen LogP contribution in [0, 0.1) is 16.6 Å². The van der Waals surface area contributed by atoms with E-state index in [-0.39, 0.29) is 50.1 Å². The zero-order valence-corrected chi connectivity index (χ0v) is 18.4. The molecule has 1 aromatic heterocycles. The molecular weight excluding hydrogens is 507 g/mol. The molecule has 0 aliphatic carbocycles. The molecule has 3 rings (SSSR count). The molecule has 0 saturated heterocycles. The molecular formula is C16H17Br2FN4OS2. The van der Waals surface area contributed by atoms with Gasteiger partial charge in [-0.15, -0.1) is 34.0 Å². The van der Waals surface area contributed by atoms with E-state index >= 15 is 0 Å². The number of halogens is 3. The van der Waals surface area contributed by atoms with Gasteiger partial charge in [0, 0.05) is 33.4 Å². The van der Waals surface area contributed by atoms with E-state index in [4.69, 9.17) is 26.7 Å². The fraction of sp³-hybridized carbons (Fsp3) is 0.125. The molecule has 0 fully saturated rings.